The van der Waals surface area contributed by atoms with Crippen molar-refractivity contribution >= 4 is 16.8 Å². The number of aryl methyl sites for hydroxylation is 1. The lowest BCUT2D eigenvalue weighted by Crippen LogP contribution is -2.28. The maximum atomic E-state index is 12.1. The van der Waals surface area contributed by atoms with Crippen molar-refractivity contribution in [3.05, 3.63) is 40.7 Å². The second-order valence-corrected chi connectivity index (χ2v) is 7.57. The van der Waals surface area contributed by atoms with E-state index in [1.54, 1.807) is 10.7 Å². The Morgan fingerprint density at radius 2 is 2.12 bits per heavy atom. The molecule has 0 spiro atoms. The van der Waals surface area contributed by atoms with Gasteiger partial charge in [-0.05, 0) is 55.6 Å². The van der Waals surface area contributed by atoms with Gasteiger partial charge in [0.1, 0.15) is 0 Å². The van der Waals surface area contributed by atoms with Gasteiger partial charge in [0.15, 0.2) is 0 Å². The molecular weight excluding hydrogens is 314 g/mol. The van der Waals surface area contributed by atoms with Crippen molar-refractivity contribution in [3.8, 4) is 0 Å². The second kappa shape index (κ2) is 6.98. The van der Waals surface area contributed by atoms with E-state index >= 15 is 0 Å². The predicted molar refractivity (Wildman–Crippen MR) is 97.2 cm³/mol. The number of hydrogen-bond acceptors (Lipinski definition) is 3. The van der Waals surface area contributed by atoms with E-state index in [0.29, 0.717) is 18.4 Å². The Morgan fingerprint density at radius 1 is 1.24 bits per heavy atom. The highest BCUT2D eigenvalue weighted by molar-refractivity contribution is 5.79. The summed E-state index contributed by atoms with van der Waals surface area (Å²) in [6.45, 7) is 1.27. The SMILES string of the molecule is O=C(CCn1ncc(=O)c2ccccc21)NCCC1CC2CCC1C2. The van der Waals surface area contributed by atoms with Gasteiger partial charge >= 0.3 is 0 Å². The van der Waals surface area contributed by atoms with E-state index in [0.717, 1.165) is 36.2 Å². The summed E-state index contributed by atoms with van der Waals surface area (Å²) >= 11 is 0. The Morgan fingerprint density at radius 3 is 2.92 bits per heavy atom. The van der Waals surface area contributed by atoms with Gasteiger partial charge in [0.25, 0.3) is 0 Å². The Balaban J connectivity index is 1.28. The Labute approximate surface area is 147 Å². The molecule has 2 fully saturated rings. The average molecular weight is 339 g/mol. The number of rotatable bonds is 6. The van der Waals surface area contributed by atoms with Crippen molar-refractivity contribution in [1.82, 2.24) is 15.1 Å². The van der Waals surface area contributed by atoms with Gasteiger partial charge in [0.2, 0.25) is 11.3 Å². The van der Waals surface area contributed by atoms with Crippen molar-refractivity contribution in [2.45, 2.75) is 45.1 Å². The number of para-hydroxylation sites is 1. The van der Waals surface area contributed by atoms with E-state index in [1.807, 2.05) is 18.2 Å². The second-order valence-electron chi connectivity index (χ2n) is 7.57. The fraction of sp³-hybridized carbons (Fsp3) is 0.550. The molecule has 4 rings (SSSR count). The smallest absolute Gasteiger partial charge is 0.221 e. The quantitative estimate of drug-likeness (QED) is 0.880. The molecular formula is C20H25N3O2. The molecule has 2 saturated carbocycles. The van der Waals surface area contributed by atoms with Gasteiger partial charge in [-0.2, -0.15) is 5.10 Å². The van der Waals surface area contributed by atoms with Crippen molar-refractivity contribution in [1.29, 1.82) is 0 Å². The molecule has 1 amide bonds. The van der Waals surface area contributed by atoms with Crippen LogP contribution in [-0.4, -0.2) is 22.2 Å². The first-order chi connectivity index (χ1) is 12.2. The fourth-order valence-electron chi connectivity index (χ4n) is 4.76. The van der Waals surface area contributed by atoms with Crippen LogP contribution < -0.4 is 10.7 Å². The molecule has 0 saturated heterocycles. The van der Waals surface area contributed by atoms with E-state index in [1.165, 1.54) is 31.9 Å². The van der Waals surface area contributed by atoms with E-state index in [9.17, 15) is 9.59 Å². The number of carbonyl (C=O) groups is 1. The monoisotopic (exact) mass is 339 g/mol. The van der Waals surface area contributed by atoms with Crippen molar-refractivity contribution in [2.24, 2.45) is 17.8 Å². The summed E-state index contributed by atoms with van der Waals surface area (Å²) in [5.74, 6) is 2.76. The van der Waals surface area contributed by atoms with Gasteiger partial charge in [-0.3, -0.25) is 14.3 Å². The van der Waals surface area contributed by atoms with Crippen LogP contribution in [0.4, 0.5) is 0 Å². The first-order valence-electron chi connectivity index (χ1n) is 9.42. The van der Waals surface area contributed by atoms with Gasteiger partial charge in [-0.25, -0.2) is 0 Å². The molecule has 25 heavy (non-hydrogen) atoms. The topological polar surface area (TPSA) is 64.0 Å². The first kappa shape index (κ1) is 16.3. The summed E-state index contributed by atoms with van der Waals surface area (Å²) in [5, 5.41) is 7.88. The van der Waals surface area contributed by atoms with Gasteiger partial charge in [0, 0.05) is 18.4 Å². The van der Waals surface area contributed by atoms with Crippen LogP contribution in [0.2, 0.25) is 0 Å². The highest BCUT2D eigenvalue weighted by Crippen LogP contribution is 2.49. The summed E-state index contributed by atoms with van der Waals surface area (Å²) in [6.07, 6.45) is 8.44. The van der Waals surface area contributed by atoms with Crippen LogP contribution in [0.3, 0.4) is 0 Å². The van der Waals surface area contributed by atoms with E-state index < -0.39 is 0 Å². The minimum Gasteiger partial charge on any atom is -0.356 e. The molecule has 3 unspecified atom stereocenters. The number of amides is 1. The third-order valence-electron chi connectivity index (χ3n) is 6.03. The normalized spacial score (nSPS) is 24.7. The lowest BCUT2D eigenvalue weighted by atomic mass is 9.86. The van der Waals surface area contributed by atoms with Crippen molar-refractivity contribution in [3.63, 3.8) is 0 Å². The van der Waals surface area contributed by atoms with Crippen LogP contribution in [0, 0.1) is 17.8 Å². The lowest BCUT2D eigenvalue weighted by Gasteiger charge is -2.21. The zero-order valence-electron chi connectivity index (χ0n) is 14.5. The minimum atomic E-state index is -0.0813. The van der Waals surface area contributed by atoms with Gasteiger partial charge in [-0.1, -0.05) is 18.6 Å². The third kappa shape index (κ3) is 3.46. The molecule has 2 aliphatic rings. The van der Waals surface area contributed by atoms with E-state index in [4.69, 9.17) is 0 Å². The van der Waals surface area contributed by atoms with E-state index in [-0.39, 0.29) is 11.3 Å². The molecule has 3 atom stereocenters. The molecule has 2 aliphatic carbocycles. The van der Waals surface area contributed by atoms with Crippen LogP contribution in [0.5, 0.6) is 0 Å². The number of carbonyl (C=O) groups excluding carboxylic acids is 1. The molecule has 2 bridgehead atoms. The summed E-state index contributed by atoms with van der Waals surface area (Å²) < 4.78 is 1.74. The highest BCUT2D eigenvalue weighted by atomic mass is 16.1. The van der Waals surface area contributed by atoms with Crippen LogP contribution >= 0.6 is 0 Å². The number of aromatic nitrogens is 2. The largest absolute Gasteiger partial charge is 0.356 e. The van der Waals surface area contributed by atoms with Crippen molar-refractivity contribution in [2.75, 3.05) is 6.54 Å². The standard InChI is InChI=1S/C20H25N3O2/c24-19-13-22-23(18-4-2-1-3-17(18)19)10-8-20(25)21-9-7-16-12-14-5-6-15(16)11-14/h1-4,13-16H,5-12H2,(H,21,25). The maximum Gasteiger partial charge on any atom is 0.221 e. The molecule has 5 heteroatoms. The minimum absolute atomic E-state index is 0.0627. The Hall–Kier alpha value is -2.17. The van der Waals surface area contributed by atoms with Crippen molar-refractivity contribution < 1.29 is 4.79 Å². The van der Waals surface area contributed by atoms with Crippen LogP contribution in [0.15, 0.2) is 35.3 Å². The average Bonchev–Trinajstić information content (AvgIpc) is 3.25. The summed E-state index contributed by atoms with van der Waals surface area (Å²) in [5.41, 5.74) is 0.701. The van der Waals surface area contributed by atoms with Crippen LogP contribution in [0.1, 0.15) is 38.5 Å². The molecule has 5 nitrogen and oxygen atoms in total. The van der Waals surface area contributed by atoms with E-state index in [2.05, 4.69) is 10.4 Å². The Kier molecular flexibility index (Phi) is 4.55. The number of nitrogens with one attached hydrogen (secondary N) is 1. The van der Waals surface area contributed by atoms with Gasteiger partial charge in [-0.15, -0.1) is 0 Å². The maximum absolute atomic E-state index is 12.1. The molecule has 0 aliphatic heterocycles. The van der Waals surface area contributed by atoms with Gasteiger partial charge < -0.3 is 5.32 Å². The number of benzene rings is 1. The first-order valence-corrected chi connectivity index (χ1v) is 9.42. The Bertz CT molecular complexity index is 829. The molecule has 1 heterocycles. The third-order valence-corrected chi connectivity index (χ3v) is 6.03. The zero-order valence-corrected chi connectivity index (χ0v) is 14.5. The number of nitrogens with zero attached hydrogens (tertiary/aromatic N) is 2. The number of fused-ring (bicyclic) bond motifs is 3. The summed E-state index contributed by atoms with van der Waals surface area (Å²) in [7, 11) is 0. The van der Waals surface area contributed by atoms with Crippen LogP contribution in [0.25, 0.3) is 10.9 Å². The highest BCUT2D eigenvalue weighted by Gasteiger charge is 2.38. The summed E-state index contributed by atoms with van der Waals surface area (Å²) in [6, 6.07) is 7.40. The molecule has 0 radical (unpaired) electrons. The predicted octanol–water partition coefficient (Wildman–Crippen LogP) is 2.73. The van der Waals surface area contributed by atoms with Crippen LogP contribution in [-0.2, 0) is 11.3 Å². The fourth-order valence-corrected chi connectivity index (χ4v) is 4.76. The van der Waals surface area contributed by atoms with Gasteiger partial charge in [0.05, 0.1) is 18.3 Å². The zero-order chi connectivity index (χ0) is 17.2. The molecule has 132 valence electrons. The molecule has 1 N–H and O–H groups in total. The lowest BCUT2D eigenvalue weighted by molar-refractivity contribution is -0.121. The molecule has 1 aromatic carbocycles. The summed E-state index contributed by atoms with van der Waals surface area (Å²) in [4.78, 5) is 24.0. The molecule has 2 aromatic rings. The molecule has 1 aromatic heterocycles. The number of hydrogen-bond donors (Lipinski definition) is 1.